The Hall–Kier alpha value is -2.22. The van der Waals surface area contributed by atoms with Crippen LogP contribution >= 0.6 is 11.5 Å². The second kappa shape index (κ2) is 5.65. The summed E-state index contributed by atoms with van der Waals surface area (Å²) >= 11 is 1.16. The molecule has 1 aliphatic heterocycles. The maximum atomic E-state index is 12.2. The summed E-state index contributed by atoms with van der Waals surface area (Å²) in [5.41, 5.74) is 0.675. The molecule has 7 nitrogen and oxygen atoms in total. The van der Waals surface area contributed by atoms with E-state index in [0.29, 0.717) is 24.5 Å². The monoisotopic (exact) mass is 306 g/mol. The molecule has 2 aromatic rings. The highest BCUT2D eigenvalue weighted by Gasteiger charge is 2.27. The first-order valence-electron chi connectivity index (χ1n) is 6.63. The second-order valence-corrected chi connectivity index (χ2v) is 5.53. The smallest absolute Gasteiger partial charge is 0.352 e. The highest BCUT2D eigenvalue weighted by molar-refractivity contribution is 7.03. The van der Waals surface area contributed by atoms with E-state index in [2.05, 4.69) is 9.59 Å². The number of likely N-dealkylation sites (tertiary alicyclic amines) is 1. The minimum absolute atomic E-state index is 0.104. The molecule has 1 fully saturated rings. The largest absolute Gasteiger partial charge is 0.477 e. The Kier molecular flexibility index (Phi) is 3.70. The SMILES string of the molecule is O=C(O)c1cccn1C1CCN(C(=O)c2csnn2)CC1. The van der Waals surface area contributed by atoms with Gasteiger partial charge in [-0.05, 0) is 36.5 Å². The third-order valence-corrected chi connectivity index (χ3v) is 4.23. The van der Waals surface area contributed by atoms with Crippen molar-refractivity contribution in [2.75, 3.05) is 13.1 Å². The van der Waals surface area contributed by atoms with Gasteiger partial charge in [0.25, 0.3) is 5.91 Å². The quantitative estimate of drug-likeness (QED) is 0.928. The first-order chi connectivity index (χ1) is 10.2. The fourth-order valence-electron chi connectivity index (χ4n) is 2.66. The zero-order chi connectivity index (χ0) is 14.8. The van der Waals surface area contributed by atoms with E-state index in [1.807, 2.05) is 0 Å². The maximum absolute atomic E-state index is 12.2. The topological polar surface area (TPSA) is 88.3 Å². The zero-order valence-electron chi connectivity index (χ0n) is 11.2. The van der Waals surface area contributed by atoms with Gasteiger partial charge in [0.2, 0.25) is 0 Å². The second-order valence-electron chi connectivity index (χ2n) is 4.92. The first-order valence-corrected chi connectivity index (χ1v) is 7.47. The number of amides is 1. The number of carboxylic acids is 1. The van der Waals surface area contributed by atoms with Gasteiger partial charge in [-0.1, -0.05) is 4.49 Å². The number of aromatic carboxylic acids is 1. The molecule has 0 bridgehead atoms. The van der Waals surface area contributed by atoms with Gasteiger partial charge >= 0.3 is 5.97 Å². The number of hydrogen-bond donors (Lipinski definition) is 1. The van der Waals surface area contributed by atoms with Crippen molar-refractivity contribution in [2.45, 2.75) is 18.9 Å². The van der Waals surface area contributed by atoms with Gasteiger partial charge in [0.05, 0.1) is 0 Å². The van der Waals surface area contributed by atoms with E-state index in [4.69, 9.17) is 5.11 Å². The molecule has 0 unspecified atom stereocenters. The molecule has 3 heterocycles. The molecular formula is C13H14N4O3S. The van der Waals surface area contributed by atoms with Crippen LogP contribution in [-0.2, 0) is 0 Å². The van der Waals surface area contributed by atoms with Gasteiger partial charge in [0, 0.05) is 30.7 Å². The van der Waals surface area contributed by atoms with Crippen LogP contribution in [0.15, 0.2) is 23.7 Å². The van der Waals surface area contributed by atoms with E-state index in [9.17, 15) is 9.59 Å². The summed E-state index contributed by atoms with van der Waals surface area (Å²) in [6, 6.07) is 3.45. The van der Waals surface area contributed by atoms with Crippen LogP contribution in [0.3, 0.4) is 0 Å². The minimum atomic E-state index is -0.924. The number of carboxylic acid groups (broad SMARTS) is 1. The van der Waals surface area contributed by atoms with Crippen molar-refractivity contribution >= 4 is 23.4 Å². The summed E-state index contributed by atoms with van der Waals surface area (Å²) in [5, 5.41) is 14.6. The number of aromatic nitrogens is 3. The molecule has 1 saturated heterocycles. The number of hydrogen-bond acceptors (Lipinski definition) is 5. The van der Waals surface area contributed by atoms with Crippen molar-refractivity contribution in [1.82, 2.24) is 19.1 Å². The molecule has 8 heteroatoms. The van der Waals surface area contributed by atoms with Crippen LogP contribution in [0, 0.1) is 0 Å². The lowest BCUT2D eigenvalue weighted by Crippen LogP contribution is -2.39. The predicted octanol–water partition coefficient (Wildman–Crippen LogP) is 1.52. The van der Waals surface area contributed by atoms with E-state index >= 15 is 0 Å². The normalized spacial score (nSPS) is 16.1. The van der Waals surface area contributed by atoms with Crippen molar-refractivity contribution < 1.29 is 14.7 Å². The average Bonchev–Trinajstić information content (AvgIpc) is 3.18. The lowest BCUT2D eigenvalue weighted by Gasteiger charge is -2.32. The summed E-state index contributed by atoms with van der Waals surface area (Å²) in [5.74, 6) is -1.03. The van der Waals surface area contributed by atoms with E-state index in [1.54, 1.807) is 33.2 Å². The summed E-state index contributed by atoms with van der Waals surface area (Å²) in [6.45, 7) is 1.19. The van der Waals surface area contributed by atoms with Gasteiger partial charge in [0.15, 0.2) is 5.69 Å². The highest BCUT2D eigenvalue weighted by atomic mass is 32.1. The summed E-state index contributed by atoms with van der Waals surface area (Å²) in [4.78, 5) is 25.1. The van der Waals surface area contributed by atoms with Crippen LogP contribution in [0.5, 0.6) is 0 Å². The van der Waals surface area contributed by atoms with E-state index in [0.717, 1.165) is 24.4 Å². The van der Waals surface area contributed by atoms with Crippen molar-refractivity contribution in [3.8, 4) is 0 Å². The van der Waals surface area contributed by atoms with Crippen molar-refractivity contribution in [3.05, 3.63) is 35.1 Å². The molecule has 3 rings (SSSR count). The molecule has 0 radical (unpaired) electrons. The third-order valence-electron chi connectivity index (χ3n) is 3.72. The lowest BCUT2D eigenvalue weighted by atomic mass is 10.0. The Morgan fingerprint density at radius 2 is 2.10 bits per heavy atom. The van der Waals surface area contributed by atoms with Gasteiger partial charge in [-0.2, -0.15) is 0 Å². The maximum Gasteiger partial charge on any atom is 0.352 e. The fraction of sp³-hybridized carbons (Fsp3) is 0.385. The Labute approximate surface area is 125 Å². The predicted molar refractivity (Wildman–Crippen MR) is 75.5 cm³/mol. The molecule has 1 aliphatic rings. The number of piperidine rings is 1. The van der Waals surface area contributed by atoms with Gasteiger partial charge in [-0.15, -0.1) is 5.10 Å². The summed E-state index contributed by atoms with van der Waals surface area (Å²) < 4.78 is 5.49. The minimum Gasteiger partial charge on any atom is -0.477 e. The van der Waals surface area contributed by atoms with Crippen LogP contribution in [0.4, 0.5) is 0 Å². The number of carbonyl (C=O) groups is 2. The Balaban J connectivity index is 1.66. The van der Waals surface area contributed by atoms with Crippen LogP contribution < -0.4 is 0 Å². The molecule has 1 amide bonds. The van der Waals surface area contributed by atoms with Crippen molar-refractivity contribution in [3.63, 3.8) is 0 Å². The Morgan fingerprint density at radius 1 is 1.33 bits per heavy atom. The van der Waals surface area contributed by atoms with E-state index in [-0.39, 0.29) is 11.9 Å². The molecule has 2 aromatic heterocycles. The van der Waals surface area contributed by atoms with Gasteiger partial charge < -0.3 is 14.6 Å². The molecule has 21 heavy (non-hydrogen) atoms. The van der Waals surface area contributed by atoms with E-state index < -0.39 is 5.97 Å². The number of rotatable bonds is 3. The molecule has 1 N–H and O–H groups in total. The zero-order valence-corrected chi connectivity index (χ0v) is 12.0. The van der Waals surface area contributed by atoms with Crippen molar-refractivity contribution in [1.29, 1.82) is 0 Å². The van der Waals surface area contributed by atoms with Crippen LogP contribution in [0.1, 0.15) is 39.9 Å². The molecular weight excluding hydrogens is 292 g/mol. The van der Waals surface area contributed by atoms with Gasteiger partial charge in [-0.3, -0.25) is 4.79 Å². The van der Waals surface area contributed by atoms with E-state index in [1.165, 1.54) is 0 Å². The summed E-state index contributed by atoms with van der Waals surface area (Å²) in [7, 11) is 0. The van der Waals surface area contributed by atoms with Crippen LogP contribution in [0.25, 0.3) is 0 Å². The Morgan fingerprint density at radius 3 is 2.71 bits per heavy atom. The Bertz CT molecular complexity index is 644. The summed E-state index contributed by atoms with van der Waals surface area (Å²) in [6.07, 6.45) is 3.26. The fourth-order valence-corrected chi connectivity index (χ4v) is 3.09. The third kappa shape index (κ3) is 2.66. The molecule has 0 spiro atoms. The lowest BCUT2D eigenvalue weighted by molar-refractivity contribution is 0.0647. The van der Waals surface area contributed by atoms with Gasteiger partial charge in [0.1, 0.15) is 5.69 Å². The molecule has 0 atom stereocenters. The molecule has 0 saturated carbocycles. The standard InChI is InChI=1S/C13H14N4O3S/c18-12(10-8-21-15-14-10)16-6-3-9(4-7-16)17-5-1-2-11(17)13(19)20/h1-2,5,8-9H,3-4,6-7H2,(H,19,20). The first kappa shape index (κ1) is 13.7. The van der Waals surface area contributed by atoms with Crippen LogP contribution in [-0.4, -0.2) is 49.1 Å². The highest BCUT2D eigenvalue weighted by Crippen LogP contribution is 2.25. The van der Waals surface area contributed by atoms with Crippen LogP contribution in [0.2, 0.25) is 0 Å². The molecule has 0 aliphatic carbocycles. The average molecular weight is 306 g/mol. The molecule has 0 aromatic carbocycles. The van der Waals surface area contributed by atoms with Crippen molar-refractivity contribution in [2.24, 2.45) is 0 Å². The van der Waals surface area contributed by atoms with Gasteiger partial charge in [-0.25, -0.2) is 4.79 Å². The number of carbonyl (C=O) groups excluding carboxylic acids is 1. The number of nitrogens with zero attached hydrogens (tertiary/aromatic N) is 4. The molecule has 110 valence electrons.